The Kier molecular flexibility index (Phi) is 11.6. The van der Waals surface area contributed by atoms with Gasteiger partial charge in [0.15, 0.2) is 6.29 Å². The number of aliphatic hydroxyl groups is 2. The van der Waals surface area contributed by atoms with Gasteiger partial charge in [0.2, 0.25) is 0 Å². The van der Waals surface area contributed by atoms with Crippen molar-refractivity contribution in [3.63, 3.8) is 0 Å². The first-order chi connectivity index (χ1) is 7.71. The van der Waals surface area contributed by atoms with Crippen LogP contribution in [0.2, 0.25) is 0 Å². The monoisotopic (exact) mass is 248 g/mol. The Morgan fingerprint density at radius 3 is 1.76 bits per heavy atom. The molecule has 0 spiro atoms. The lowest BCUT2D eigenvalue weighted by Gasteiger charge is -2.19. The molecule has 0 saturated heterocycles. The highest BCUT2D eigenvalue weighted by molar-refractivity contribution is 5.66. The molecule has 3 N–H and O–H groups in total. The molecule has 0 aromatic rings. The van der Waals surface area contributed by atoms with Crippen molar-refractivity contribution >= 4 is 5.97 Å². The summed E-state index contributed by atoms with van der Waals surface area (Å²) in [4.78, 5) is 10.0. The first kappa shape index (κ1) is 18.7. The number of rotatable bonds is 6. The van der Waals surface area contributed by atoms with Crippen molar-refractivity contribution in [3.8, 4) is 0 Å². The van der Waals surface area contributed by atoms with Crippen LogP contribution in [-0.4, -0.2) is 27.6 Å². The average Bonchev–Trinajstić information content (AvgIpc) is 2.16. The van der Waals surface area contributed by atoms with Gasteiger partial charge in [-0.25, -0.2) is 0 Å². The van der Waals surface area contributed by atoms with Gasteiger partial charge in [0.05, 0.1) is 0 Å². The Hall–Kier alpha value is -0.610. The standard InChI is InChI=1S/C8H16O2.C5H12O2/c1-2-3-4-5-6-7-8(9)10;1-5(2,3)4(6)7/h2-7H2,1H3,(H,9,10);4,6-7H,1-3H3. The minimum atomic E-state index is -1.20. The molecule has 0 aliphatic heterocycles. The first-order valence-electron chi connectivity index (χ1n) is 6.29. The lowest BCUT2D eigenvalue weighted by atomic mass is 9.96. The van der Waals surface area contributed by atoms with Crippen LogP contribution in [0.15, 0.2) is 0 Å². The molecule has 0 radical (unpaired) electrons. The first-order valence-corrected chi connectivity index (χ1v) is 6.29. The SMILES string of the molecule is CC(C)(C)C(O)O.CCCCCCCC(=O)O. The van der Waals surface area contributed by atoms with E-state index in [-0.39, 0.29) is 5.41 Å². The predicted octanol–water partition coefficient (Wildman–Crippen LogP) is 2.77. The van der Waals surface area contributed by atoms with Gasteiger partial charge in [-0.1, -0.05) is 53.4 Å². The molecule has 0 atom stereocenters. The Labute approximate surface area is 105 Å². The number of carbonyl (C=O) groups is 1. The summed E-state index contributed by atoms with van der Waals surface area (Å²) in [6.07, 6.45) is 4.68. The van der Waals surface area contributed by atoms with Gasteiger partial charge >= 0.3 is 5.97 Å². The molecule has 0 unspecified atom stereocenters. The van der Waals surface area contributed by atoms with E-state index in [1.165, 1.54) is 19.3 Å². The molecule has 0 rings (SSSR count). The molecule has 0 fully saturated rings. The smallest absolute Gasteiger partial charge is 0.303 e. The summed E-state index contributed by atoms with van der Waals surface area (Å²) in [6.45, 7) is 7.43. The van der Waals surface area contributed by atoms with E-state index in [1.807, 2.05) is 0 Å². The number of hydrogen-bond acceptors (Lipinski definition) is 3. The van der Waals surface area contributed by atoms with Crippen LogP contribution in [0.5, 0.6) is 0 Å². The molecule has 4 heteroatoms. The summed E-state index contributed by atoms with van der Waals surface area (Å²) < 4.78 is 0. The molecule has 0 aromatic heterocycles. The third-order valence-corrected chi connectivity index (χ3v) is 2.27. The minimum Gasteiger partial charge on any atom is -0.481 e. The summed E-state index contributed by atoms with van der Waals surface area (Å²) >= 11 is 0. The molecule has 0 bridgehead atoms. The van der Waals surface area contributed by atoms with Gasteiger partial charge in [0, 0.05) is 11.8 Å². The van der Waals surface area contributed by atoms with Crippen molar-refractivity contribution in [2.75, 3.05) is 0 Å². The fraction of sp³-hybridized carbons (Fsp3) is 0.923. The van der Waals surface area contributed by atoms with Gasteiger partial charge in [0.1, 0.15) is 0 Å². The van der Waals surface area contributed by atoms with Gasteiger partial charge in [-0.3, -0.25) is 4.79 Å². The van der Waals surface area contributed by atoms with Gasteiger partial charge in [-0.15, -0.1) is 0 Å². The predicted molar refractivity (Wildman–Crippen MR) is 68.7 cm³/mol. The molecule has 17 heavy (non-hydrogen) atoms. The number of aliphatic hydroxyl groups excluding tert-OH is 1. The summed E-state index contributed by atoms with van der Waals surface area (Å²) in [7, 11) is 0. The quantitative estimate of drug-likeness (QED) is 0.499. The van der Waals surface area contributed by atoms with E-state index < -0.39 is 12.3 Å². The molecule has 104 valence electrons. The van der Waals surface area contributed by atoms with Crippen LogP contribution in [0.4, 0.5) is 0 Å². The Morgan fingerprint density at radius 2 is 1.47 bits per heavy atom. The van der Waals surface area contributed by atoms with E-state index in [1.54, 1.807) is 20.8 Å². The number of aliphatic carboxylic acids is 1. The van der Waals surface area contributed by atoms with Crippen LogP contribution in [0, 0.1) is 5.41 Å². The van der Waals surface area contributed by atoms with Crippen LogP contribution in [0.1, 0.15) is 66.2 Å². The molecule has 0 aromatic carbocycles. The fourth-order valence-corrected chi connectivity index (χ4v) is 0.880. The topological polar surface area (TPSA) is 77.8 Å². The number of carboxylic acids is 1. The molecular weight excluding hydrogens is 220 g/mol. The van der Waals surface area contributed by atoms with Gasteiger partial charge in [-0.2, -0.15) is 0 Å². The van der Waals surface area contributed by atoms with Gasteiger partial charge in [0.25, 0.3) is 0 Å². The number of carboxylic acid groups (broad SMARTS) is 1. The normalized spacial score (nSPS) is 11.0. The lowest BCUT2D eigenvalue weighted by Crippen LogP contribution is -2.24. The van der Waals surface area contributed by atoms with Crippen LogP contribution in [-0.2, 0) is 4.79 Å². The van der Waals surface area contributed by atoms with Crippen molar-refractivity contribution in [1.29, 1.82) is 0 Å². The van der Waals surface area contributed by atoms with E-state index >= 15 is 0 Å². The van der Waals surface area contributed by atoms with Crippen molar-refractivity contribution < 1.29 is 20.1 Å². The second-order valence-electron chi connectivity index (χ2n) is 5.30. The molecule has 0 amide bonds. The summed E-state index contributed by atoms with van der Waals surface area (Å²) in [5.74, 6) is -0.670. The highest BCUT2D eigenvalue weighted by Crippen LogP contribution is 2.15. The second-order valence-corrected chi connectivity index (χ2v) is 5.30. The van der Waals surface area contributed by atoms with Crippen molar-refractivity contribution in [2.45, 2.75) is 72.5 Å². The Morgan fingerprint density at radius 1 is 1.06 bits per heavy atom. The zero-order chi connectivity index (χ0) is 13.9. The molecular formula is C13H28O4. The van der Waals surface area contributed by atoms with Crippen molar-refractivity contribution in [1.82, 2.24) is 0 Å². The maximum atomic E-state index is 10.0. The summed E-state index contributed by atoms with van der Waals surface area (Å²) in [6, 6.07) is 0. The molecule has 0 aliphatic rings. The summed E-state index contributed by atoms with van der Waals surface area (Å²) in [5, 5.41) is 25.2. The third-order valence-electron chi connectivity index (χ3n) is 2.27. The van der Waals surface area contributed by atoms with Crippen molar-refractivity contribution in [2.24, 2.45) is 5.41 Å². The maximum Gasteiger partial charge on any atom is 0.303 e. The van der Waals surface area contributed by atoms with Crippen LogP contribution >= 0.6 is 0 Å². The molecule has 0 aliphatic carbocycles. The molecule has 0 heterocycles. The second kappa shape index (κ2) is 10.5. The fourth-order valence-electron chi connectivity index (χ4n) is 0.880. The maximum absolute atomic E-state index is 10.0. The zero-order valence-electron chi connectivity index (χ0n) is 11.6. The number of hydrogen-bond donors (Lipinski definition) is 3. The van der Waals surface area contributed by atoms with E-state index in [9.17, 15) is 4.79 Å². The van der Waals surface area contributed by atoms with Crippen LogP contribution in [0.25, 0.3) is 0 Å². The van der Waals surface area contributed by atoms with Crippen LogP contribution < -0.4 is 0 Å². The highest BCUT2D eigenvalue weighted by Gasteiger charge is 2.18. The lowest BCUT2D eigenvalue weighted by molar-refractivity contribution is -0.137. The van der Waals surface area contributed by atoms with E-state index in [0.717, 1.165) is 12.8 Å². The minimum absolute atomic E-state index is 0.337. The van der Waals surface area contributed by atoms with E-state index in [4.69, 9.17) is 15.3 Å². The van der Waals surface area contributed by atoms with E-state index in [0.29, 0.717) is 6.42 Å². The van der Waals surface area contributed by atoms with Crippen molar-refractivity contribution in [3.05, 3.63) is 0 Å². The molecule has 4 nitrogen and oxygen atoms in total. The number of unbranched alkanes of at least 4 members (excludes halogenated alkanes) is 4. The summed E-state index contributed by atoms with van der Waals surface area (Å²) in [5.41, 5.74) is -0.389. The average molecular weight is 248 g/mol. The highest BCUT2D eigenvalue weighted by atomic mass is 16.5. The largest absolute Gasteiger partial charge is 0.481 e. The Bertz CT molecular complexity index is 182. The van der Waals surface area contributed by atoms with Crippen LogP contribution in [0.3, 0.4) is 0 Å². The Balaban J connectivity index is 0. The van der Waals surface area contributed by atoms with Gasteiger partial charge < -0.3 is 15.3 Å². The molecule has 0 saturated carbocycles. The zero-order valence-corrected chi connectivity index (χ0v) is 11.6. The van der Waals surface area contributed by atoms with E-state index in [2.05, 4.69) is 6.92 Å². The third kappa shape index (κ3) is 18.0. The van der Waals surface area contributed by atoms with Gasteiger partial charge in [-0.05, 0) is 6.42 Å².